The molecule has 1 aliphatic carbocycles. The van der Waals surface area contributed by atoms with E-state index in [4.69, 9.17) is 0 Å². The first kappa shape index (κ1) is 21.3. The van der Waals surface area contributed by atoms with Crippen LogP contribution in [0.1, 0.15) is 61.0 Å². The average molecular weight is 426 g/mol. The predicted molar refractivity (Wildman–Crippen MR) is 117 cm³/mol. The summed E-state index contributed by atoms with van der Waals surface area (Å²) in [5.74, 6) is 0.343. The number of pyridine rings is 1. The number of imidazole rings is 1. The number of hydrogen-bond acceptors (Lipinski definition) is 4. The summed E-state index contributed by atoms with van der Waals surface area (Å²) in [6.45, 7) is 8.44. The first-order valence-corrected chi connectivity index (χ1v) is 11.1. The van der Waals surface area contributed by atoms with Crippen molar-refractivity contribution in [1.29, 1.82) is 0 Å². The number of nitrogens with one attached hydrogen (secondary N) is 2. The maximum Gasteiger partial charge on any atom is 0.274 e. The van der Waals surface area contributed by atoms with E-state index in [1.165, 1.54) is 17.7 Å². The van der Waals surface area contributed by atoms with Crippen LogP contribution in [0.25, 0.3) is 5.65 Å². The summed E-state index contributed by atoms with van der Waals surface area (Å²) in [5.41, 5.74) is 1.50. The highest BCUT2D eigenvalue weighted by Crippen LogP contribution is 2.43. The second-order valence-corrected chi connectivity index (χ2v) is 9.48. The largest absolute Gasteiger partial charge is 0.353 e. The average Bonchev–Trinajstić information content (AvgIpc) is 3.18. The van der Waals surface area contributed by atoms with Crippen LogP contribution < -0.4 is 10.6 Å². The van der Waals surface area contributed by atoms with Gasteiger partial charge >= 0.3 is 0 Å². The van der Waals surface area contributed by atoms with Crippen LogP contribution in [0.2, 0.25) is 0 Å². The summed E-state index contributed by atoms with van der Waals surface area (Å²) in [5, 5.41) is 5.81. The van der Waals surface area contributed by atoms with Gasteiger partial charge in [0.25, 0.3) is 11.8 Å². The van der Waals surface area contributed by atoms with Crippen molar-refractivity contribution < 1.29 is 14.4 Å². The van der Waals surface area contributed by atoms with Crippen molar-refractivity contribution in [3.63, 3.8) is 0 Å². The van der Waals surface area contributed by atoms with Gasteiger partial charge in [0.2, 0.25) is 5.91 Å². The molecule has 2 fully saturated rings. The first-order chi connectivity index (χ1) is 14.8. The number of fused-ring (bicyclic) bond motifs is 1. The lowest BCUT2D eigenvalue weighted by Gasteiger charge is -2.42. The molecule has 4 rings (SSSR count). The smallest absolute Gasteiger partial charge is 0.274 e. The van der Waals surface area contributed by atoms with E-state index in [0.717, 1.165) is 6.42 Å². The molecule has 3 heterocycles. The third kappa shape index (κ3) is 4.29. The zero-order chi connectivity index (χ0) is 22.2. The Bertz CT molecular complexity index is 1010. The molecule has 1 saturated carbocycles. The number of nitrogens with zero attached hydrogens (tertiary/aromatic N) is 3. The van der Waals surface area contributed by atoms with Gasteiger partial charge in [-0.15, -0.1) is 0 Å². The van der Waals surface area contributed by atoms with Gasteiger partial charge in [-0.05, 0) is 42.2 Å². The lowest BCUT2D eigenvalue weighted by atomic mass is 9.64. The zero-order valence-corrected chi connectivity index (χ0v) is 18.5. The summed E-state index contributed by atoms with van der Waals surface area (Å²) in [6.07, 6.45) is 5.13. The number of carbonyl (C=O) groups excluding carboxylic acids is 3. The van der Waals surface area contributed by atoms with E-state index < -0.39 is 0 Å². The number of piperazine rings is 1. The fraction of sp³-hybridized carbons (Fsp3) is 0.565. The fourth-order valence-corrected chi connectivity index (χ4v) is 4.80. The van der Waals surface area contributed by atoms with Crippen molar-refractivity contribution in [2.75, 3.05) is 26.2 Å². The van der Waals surface area contributed by atoms with Crippen LogP contribution in [0, 0.1) is 17.3 Å². The molecule has 0 aromatic carbocycles. The molecular weight excluding hydrogens is 394 g/mol. The monoisotopic (exact) mass is 425 g/mol. The molecule has 31 heavy (non-hydrogen) atoms. The second kappa shape index (κ2) is 8.32. The topological polar surface area (TPSA) is 95.8 Å². The Morgan fingerprint density at radius 1 is 1.32 bits per heavy atom. The van der Waals surface area contributed by atoms with Gasteiger partial charge in [-0.2, -0.15) is 0 Å². The molecule has 2 aliphatic rings. The Labute approximate surface area is 182 Å². The van der Waals surface area contributed by atoms with Crippen molar-refractivity contribution in [3.05, 3.63) is 35.8 Å². The molecule has 2 aromatic heterocycles. The highest BCUT2D eigenvalue weighted by atomic mass is 16.2. The van der Waals surface area contributed by atoms with Crippen LogP contribution in [-0.4, -0.2) is 58.2 Å². The van der Waals surface area contributed by atoms with Crippen LogP contribution in [0.3, 0.4) is 0 Å². The Morgan fingerprint density at radius 3 is 2.90 bits per heavy atom. The van der Waals surface area contributed by atoms with Gasteiger partial charge in [0.05, 0.1) is 6.54 Å². The Kier molecular flexibility index (Phi) is 5.73. The van der Waals surface area contributed by atoms with Crippen LogP contribution >= 0.6 is 0 Å². The molecule has 2 unspecified atom stereocenters. The Balaban J connectivity index is 1.49. The van der Waals surface area contributed by atoms with Crippen molar-refractivity contribution in [3.8, 4) is 0 Å². The summed E-state index contributed by atoms with van der Waals surface area (Å²) in [6, 6.07) is 5.27. The quantitative estimate of drug-likeness (QED) is 0.784. The van der Waals surface area contributed by atoms with Crippen molar-refractivity contribution >= 4 is 23.4 Å². The number of rotatable bonds is 4. The van der Waals surface area contributed by atoms with E-state index in [2.05, 4.69) is 36.4 Å². The second-order valence-electron chi connectivity index (χ2n) is 9.48. The predicted octanol–water partition coefficient (Wildman–Crippen LogP) is 2.10. The van der Waals surface area contributed by atoms with E-state index in [-0.39, 0.29) is 30.0 Å². The Morgan fingerprint density at radius 2 is 2.13 bits per heavy atom. The number of amides is 3. The maximum atomic E-state index is 13.0. The van der Waals surface area contributed by atoms with E-state index in [1.807, 2.05) is 0 Å². The zero-order valence-electron chi connectivity index (χ0n) is 18.5. The minimum atomic E-state index is -0.303. The van der Waals surface area contributed by atoms with E-state index in [9.17, 15) is 14.4 Å². The summed E-state index contributed by atoms with van der Waals surface area (Å²) in [4.78, 5) is 43.3. The minimum Gasteiger partial charge on any atom is -0.353 e. The van der Waals surface area contributed by atoms with Gasteiger partial charge in [-0.25, -0.2) is 4.98 Å². The van der Waals surface area contributed by atoms with Crippen molar-refractivity contribution in [1.82, 2.24) is 24.9 Å². The maximum absolute atomic E-state index is 13.0. The van der Waals surface area contributed by atoms with Gasteiger partial charge in [-0.1, -0.05) is 33.3 Å². The number of aromatic nitrogens is 2. The van der Waals surface area contributed by atoms with Crippen LogP contribution in [-0.2, 0) is 4.79 Å². The summed E-state index contributed by atoms with van der Waals surface area (Å²) in [7, 11) is 0. The normalized spacial score (nSPS) is 23.5. The molecule has 166 valence electrons. The van der Waals surface area contributed by atoms with Crippen molar-refractivity contribution in [2.24, 2.45) is 17.3 Å². The Hall–Kier alpha value is -2.90. The SMILES string of the molecule is CC1C(CNC(=O)c2cccc3nc(C(=O)N4CCNC(=O)C4)cn23)CCCC1(C)C. The van der Waals surface area contributed by atoms with Gasteiger partial charge in [-0.3, -0.25) is 18.8 Å². The fourth-order valence-electron chi connectivity index (χ4n) is 4.80. The molecule has 2 aromatic rings. The molecule has 8 nitrogen and oxygen atoms in total. The van der Waals surface area contributed by atoms with Crippen LogP contribution in [0.5, 0.6) is 0 Å². The number of carbonyl (C=O) groups is 3. The number of hydrogen-bond donors (Lipinski definition) is 2. The van der Waals surface area contributed by atoms with Crippen LogP contribution in [0.15, 0.2) is 24.4 Å². The molecule has 2 N–H and O–H groups in total. The third-order valence-electron chi connectivity index (χ3n) is 7.13. The standard InChI is InChI=1S/C23H31N5O3/c1-15-16(6-5-9-23(15,2)3)12-25-21(30)18-7-4-8-19-26-17(13-28(18)19)22(31)27-11-10-24-20(29)14-27/h4,7-8,13,15-16H,5-6,9-12,14H2,1-3H3,(H,24,29)(H,25,30). The molecule has 0 radical (unpaired) electrons. The molecule has 0 spiro atoms. The highest BCUT2D eigenvalue weighted by molar-refractivity contribution is 5.97. The molecule has 3 amide bonds. The molecular formula is C23H31N5O3. The van der Waals surface area contributed by atoms with Crippen molar-refractivity contribution in [2.45, 2.75) is 40.0 Å². The molecule has 0 bridgehead atoms. The van der Waals surface area contributed by atoms with Crippen LogP contribution in [0.4, 0.5) is 0 Å². The van der Waals surface area contributed by atoms with E-state index >= 15 is 0 Å². The third-order valence-corrected chi connectivity index (χ3v) is 7.13. The molecule has 1 saturated heterocycles. The van der Waals surface area contributed by atoms with E-state index in [1.54, 1.807) is 28.8 Å². The molecule has 2 atom stereocenters. The highest BCUT2D eigenvalue weighted by Gasteiger charge is 2.35. The molecule has 1 aliphatic heterocycles. The van der Waals surface area contributed by atoms with Gasteiger partial charge in [0, 0.05) is 25.8 Å². The minimum absolute atomic E-state index is 0.0238. The van der Waals surface area contributed by atoms with E-state index in [0.29, 0.717) is 48.2 Å². The lowest BCUT2D eigenvalue weighted by Crippen LogP contribution is -2.50. The molecule has 8 heteroatoms. The van der Waals surface area contributed by atoms with Gasteiger partial charge in [0.15, 0.2) is 0 Å². The first-order valence-electron chi connectivity index (χ1n) is 11.1. The summed E-state index contributed by atoms with van der Waals surface area (Å²) < 4.78 is 1.65. The van der Waals surface area contributed by atoms with Gasteiger partial charge < -0.3 is 15.5 Å². The summed E-state index contributed by atoms with van der Waals surface area (Å²) >= 11 is 0. The lowest BCUT2D eigenvalue weighted by molar-refractivity contribution is -0.123. The van der Waals surface area contributed by atoms with Gasteiger partial charge in [0.1, 0.15) is 17.0 Å².